The number of hydrogen-bond acceptors (Lipinski definition) is 7. The van der Waals surface area contributed by atoms with E-state index in [-0.39, 0.29) is 25.8 Å². The van der Waals surface area contributed by atoms with E-state index in [1.807, 2.05) is 0 Å². The standard InChI is InChI=1S/C21H25N7O6/c22-20(23)26-13-3-1-12(2-4-13)8-24-18(30)9-25-19(31)15(10-29)28-21(32)27-14-5-6-16-17(7-14)34-11-33-16/h1-7,15,29H,8-11H2,(H,24,30)(H,25,31)(H4,22,23,26)(H2,27,28,32). The number of amides is 4. The lowest BCUT2D eigenvalue weighted by molar-refractivity contribution is -0.127. The Bertz CT molecular complexity index is 1070. The number of carbonyl (C=O) groups excluding carboxylic acids is 3. The normalized spacial score (nSPS) is 12.3. The Kier molecular flexibility index (Phi) is 8.07. The molecular formula is C21H25N7O6. The Balaban J connectivity index is 1.41. The van der Waals surface area contributed by atoms with Crippen LogP contribution in [0.15, 0.2) is 47.5 Å². The summed E-state index contributed by atoms with van der Waals surface area (Å²) in [6.45, 7) is -0.690. The van der Waals surface area contributed by atoms with E-state index in [1.54, 1.807) is 42.5 Å². The Morgan fingerprint density at radius 3 is 2.47 bits per heavy atom. The van der Waals surface area contributed by atoms with Crippen LogP contribution >= 0.6 is 0 Å². The highest BCUT2D eigenvalue weighted by molar-refractivity contribution is 5.95. The van der Waals surface area contributed by atoms with E-state index in [1.165, 1.54) is 0 Å². The van der Waals surface area contributed by atoms with E-state index < -0.39 is 30.5 Å². The van der Waals surface area contributed by atoms with Crippen LogP contribution in [0.4, 0.5) is 16.2 Å². The molecule has 0 aliphatic carbocycles. The van der Waals surface area contributed by atoms with Crippen molar-refractivity contribution in [2.45, 2.75) is 12.6 Å². The molecule has 1 heterocycles. The molecule has 1 unspecified atom stereocenters. The fourth-order valence-corrected chi connectivity index (χ4v) is 2.88. The van der Waals surface area contributed by atoms with Gasteiger partial charge in [-0.05, 0) is 29.8 Å². The number of nitrogens with zero attached hydrogens (tertiary/aromatic N) is 1. The smallest absolute Gasteiger partial charge is 0.319 e. The molecule has 9 N–H and O–H groups in total. The summed E-state index contributed by atoms with van der Waals surface area (Å²) in [4.78, 5) is 40.4. The van der Waals surface area contributed by atoms with E-state index in [0.29, 0.717) is 22.9 Å². The zero-order chi connectivity index (χ0) is 24.5. The molecule has 2 aromatic rings. The van der Waals surface area contributed by atoms with Crippen LogP contribution < -0.4 is 42.2 Å². The minimum atomic E-state index is -1.26. The number of aliphatic imine (C=N–C) groups is 1. The molecule has 180 valence electrons. The fourth-order valence-electron chi connectivity index (χ4n) is 2.88. The van der Waals surface area contributed by atoms with Crippen molar-refractivity contribution in [2.24, 2.45) is 16.5 Å². The van der Waals surface area contributed by atoms with Crippen molar-refractivity contribution in [3.8, 4) is 11.5 Å². The summed E-state index contributed by atoms with van der Waals surface area (Å²) in [5.74, 6) is -0.203. The van der Waals surface area contributed by atoms with Gasteiger partial charge in [-0.15, -0.1) is 0 Å². The zero-order valence-electron chi connectivity index (χ0n) is 18.0. The van der Waals surface area contributed by atoms with E-state index >= 15 is 0 Å². The summed E-state index contributed by atoms with van der Waals surface area (Å²) in [5, 5.41) is 19.3. The van der Waals surface area contributed by atoms with Crippen LogP contribution in [0.3, 0.4) is 0 Å². The Labute approximate surface area is 194 Å². The first-order valence-corrected chi connectivity index (χ1v) is 10.1. The summed E-state index contributed by atoms with van der Waals surface area (Å²) in [7, 11) is 0. The van der Waals surface area contributed by atoms with Gasteiger partial charge in [0.1, 0.15) is 6.04 Å². The van der Waals surface area contributed by atoms with E-state index in [0.717, 1.165) is 5.56 Å². The van der Waals surface area contributed by atoms with Gasteiger partial charge < -0.3 is 47.3 Å². The van der Waals surface area contributed by atoms with Crippen LogP contribution in [0.1, 0.15) is 5.56 Å². The minimum Gasteiger partial charge on any atom is -0.454 e. The predicted molar refractivity (Wildman–Crippen MR) is 122 cm³/mol. The number of aliphatic hydroxyl groups excluding tert-OH is 1. The van der Waals surface area contributed by atoms with Crippen molar-refractivity contribution in [3.05, 3.63) is 48.0 Å². The van der Waals surface area contributed by atoms with E-state index in [4.69, 9.17) is 20.9 Å². The van der Waals surface area contributed by atoms with Crippen LogP contribution in [0.25, 0.3) is 0 Å². The molecule has 13 nitrogen and oxygen atoms in total. The lowest BCUT2D eigenvalue weighted by Gasteiger charge is -2.17. The molecule has 0 bridgehead atoms. The Hall–Kier alpha value is -4.52. The third-order valence-corrected chi connectivity index (χ3v) is 4.54. The number of fused-ring (bicyclic) bond motifs is 1. The van der Waals surface area contributed by atoms with Gasteiger partial charge in [0.05, 0.1) is 18.8 Å². The van der Waals surface area contributed by atoms with E-state index in [9.17, 15) is 19.5 Å². The number of aliphatic hydroxyl groups is 1. The quantitative estimate of drug-likeness (QED) is 0.182. The number of urea groups is 1. The van der Waals surface area contributed by atoms with Crippen LogP contribution in [-0.2, 0) is 16.1 Å². The molecule has 1 aliphatic rings. The van der Waals surface area contributed by atoms with Gasteiger partial charge in [-0.1, -0.05) is 12.1 Å². The molecule has 4 amide bonds. The van der Waals surface area contributed by atoms with Crippen LogP contribution in [0.5, 0.6) is 11.5 Å². The monoisotopic (exact) mass is 471 g/mol. The maximum absolute atomic E-state index is 12.3. The molecule has 0 fully saturated rings. The number of carbonyl (C=O) groups is 3. The predicted octanol–water partition coefficient (Wildman–Crippen LogP) is -0.765. The summed E-state index contributed by atoms with van der Waals surface area (Å²) < 4.78 is 10.4. The highest BCUT2D eigenvalue weighted by Gasteiger charge is 2.21. The molecular weight excluding hydrogens is 446 g/mol. The van der Waals surface area contributed by atoms with Crippen molar-refractivity contribution in [1.29, 1.82) is 0 Å². The molecule has 3 rings (SSSR count). The second-order valence-corrected chi connectivity index (χ2v) is 7.10. The van der Waals surface area contributed by atoms with Crippen LogP contribution in [-0.4, -0.2) is 54.9 Å². The van der Waals surface area contributed by atoms with Gasteiger partial charge in [0, 0.05) is 18.3 Å². The van der Waals surface area contributed by atoms with Gasteiger partial charge in [0.15, 0.2) is 17.5 Å². The second kappa shape index (κ2) is 11.4. The first-order valence-electron chi connectivity index (χ1n) is 10.1. The molecule has 0 spiro atoms. The van der Waals surface area contributed by atoms with Crippen molar-refractivity contribution in [3.63, 3.8) is 0 Å². The molecule has 34 heavy (non-hydrogen) atoms. The molecule has 1 aliphatic heterocycles. The van der Waals surface area contributed by atoms with Crippen molar-refractivity contribution < 1.29 is 29.0 Å². The minimum absolute atomic E-state index is 0.0575. The van der Waals surface area contributed by atoms with Gasteiger partial charge in [0.25, 0.3) is 0 Å². The number of rotatable bonds is 9. The maximum Gasteiger partial charge on any atom is 0.319 e. The number of guanidine groups is 1. The Morgan fingerprint density at radius 2 is 1.76 bits per heavy atom. The van der Waals surface area contributed by atoms with Crippen molar-refractivity contribution >= 4 is 35.2 Å². The third kappa shape index (κ3) is 7.00. The zero-order valence-corrected chi connectivity index (χ0v) is 18.0. The Morgan fingerprint density at radius 1 is 1.03 bits per heavy atom. The molecule has 13 heteroatoms. The lowest BCUT2D eigenvalue weighted by Crippen LogP contribution is -2.51. The van der Waals surface area contributed by atoms with Crippen molar-refractivity contribution in [1.82, 2.24) is 16.0 Å². The largest absolute Gasteiger partial charge is 0.454 e. The van der Waals surface area contributed by atoms with Gasteiger partial charge >= 0.3 is 6.03 Å². The number of nitrogens with two attached hydrogens (primary N) is 2. The van der Waals surface area contributed by atoms with Gasteiger partial charge in [0.2, 0.25) is 18.6 Å². The number of benzene rings is 2. The maximum atomic E-state index is 12.3. The van der Waals surface area contributed by atoms with Gasteiger partial charge in [-0.25, -0.2) is 9.79 Å². The van der Waals surface area contributed by atoms with Crippen molar-refractivity contribution in [2.75, 3.05) is 25.3 Å². The number of ether oxygens (including phenoxy) is 2. The van der Waals surface area contributed by atoms with Gasteiger partial charge in [-0.2, -0.15) is 0 Å². The SMILES string of the molecule is NC(N)=Nc1ccc(CNC(=O)CNC(=O)C(CO)NC(=O)Nc2ccc3c(c2)OCO3)cc1. The molecule has 0 saturated heterocycles. The van der Waals surface area contributed by atoms with Gasteiger partial charge in [-0.3, -0.25) is 9.59 Å². The summed E-state index contributed by atoms with van der Waals surface area (Å²) in [6, 6.07) is 9.67. The molecule has 2 aromatic carbocycles. The fraction of sp³-hybridized carbons (Fsp3) is 0.238. The summed E-state index contributed by atoms with van der Waals surface area (Å²) in [5.41, 5.74) is 12.4. The average Bonchev–Trinajstić information content (AvgIpc) is 3.28. The molecule has 1 atom stereocenters. The molecule has 0 aromatic heterocycles. The summed E-state index contributed by atoms with van der Waals surface area (Å²) >= 11 is 0. The second-order valence-electron chi connectivity index (χ2n) is 7.10. The molecule has 0 radical (unpaired) electrons. The third-order valence-electron chi connectivity index (χ3n) is 4.54. The number of nitrogens with one attached hydrogen (secondary N) is 4. The van der Waals surface area contributed by atoms with E-state index in [2.05, 4.69) is 26.3 Å². The number of hydrogen-bond donors (Lipinski definition) is 7. The highest BCUT2D eigenvalue weighted by atomic mass is 16.7. The first-order chi connectivity index (χ1) is 16.3. The van der Waals surface area contributed by atoms with Crippen LogP contribution in [0.2, 0.25) is 0 Å². The summed E-state index contributed by atoms with van der Waals surface area (Å²) in [6.07, 6.45) is 0. The highest BCUT2D eigenvalue weighted by Crippen LogP contribution is 2.34. The topological polar surface area (TPSA) is 202 Å². The van der Waals surface area contributed by atoms with Crippen LogP contribution in [0, 0.1) is 0 Å². The number of anilines is 1. The lowest BCUT2D eigenvalue weighted by atomic mass is 10.2. The average molecular weight is 471 g/mol. The molecule has 0 saturated carbocycles. The first kappa shape index (κ1) is 24.1.